The number of hydrogen-bond donors (Lipinski definition) is 1. The number of hydrogen-bond acceptors (Lipinski definition) is 4. The first kappa shape index (κ1) is 22.5. The predicted octanol–water partition coefficient (Wildman–Crippen LogP) is 3.81. The molecular formula is C24H29N3O4. The number of rotatable bonds is 7. The van der Waals surface area contributed by atoms with Crippen molar-refractivity contribution in [2.45, 2.75) is 39.5 Å². The lowest BCUT2D eigenvalue weighted by molar-refractivity contribution is -0.385. The average Bonchev–Trinajstić information content (AvgIpc) is 2.77. The van der Waals surface area contributed by atoms with Gasteiger partial charge in [0.25, 0.3) is 11.6 Å². The average molecular weight is 424 g/mol. The lowest BCUT2D eigenvalue weighted by Crippen LogP contribution is -2.44. The summed E-state index contributed by atoms with van der Waals surface area (Å²) in [5.74, 6) is 0.00410. The highest BCUT2D eigenvalue weighted by atomic mass is 16.6. The molecule has 0 aromatic heterocycles. The topological polar surface area (TPSA) is 92.6 Å². The third-order valence-corrected chi connectivity index (χ3v) is 6.00. The Balaban J connectivity index is 1.42. The Kier molecular flexibility index (Phi) is 7.39. The van der Waals surface area contributed by atoms with Crippen molar-refractivity contribution in [3.63, 3.8) is 0 Å². The Labute approximate surface area is 182 Å². The minimum Gasteiger partial charge on any atom is -0.343 e. The van der Waals surface area contributed by atoms with Crippen LogP contribution in [0, 0.1) is 29.9 Å². The maximum Gasteiger partial charge on any atom is 0.273 e. The van der Waals surface area contributed by atoms with Crippen molar-refractivity contribution in [1.29, 1.82) is 0 Å². The maximum absolute atomic E-state index is 12.5. The molecule has 31 heavy (non-hydrogen) atoms. The molecule has 7 nitrogen and oxygen atoms in total. The van der Waals surface area contributed by atoms with Gasteiger partial charge in [-0.05, 0) is 57.1 Å². The molecule has 0 unspecified atom stereocenters. The van der Waals surface area contributed by atoms with Gasteiger partial charge in [0.1, 0.15) is 0 Å². The normalized spacial score (nSPS) is 14.3. The van der Waals surface area contributed by atoms with E-state index in [4.69, 9.17) is 0 Å². The van der Waals surface area contributed by atoms with E-state index in [2.05, 4.69) is 36.5 Å². The number of nitrogens with one attached hydrogen (secondary N) is 1. The Bertz CT molecular complexity index is 948. The summed E-state index contributed by atoms with van der Waals surface area (Å²) in [6, 6.07) is 12.9. The molecule has 1 fully saturated rings. The quantitative estimate of drug-likeness (QED) is 0.541. The maximum atomic E-state index is 12.5. The Morgan fingerprint density at radius 2 is 1.77 bits per heavy atom. The zero-order valence-electron chi connectivity index (χ0n) is 18.1. The van der Waals surface area contributed by atoms with Crippen LogP contribution >= 0.6 is 0 Å². The summed E-state index contributed by atoms with van der Waals surface area (Å²) in [6.07, 6.45) is 4.11. The molecule has 0 saturated carbocycles. The van der Waals surface area contributed by atoms with Crippen LogP contribution in [-0.2, 0) is 11.2 Å². The van der Waals surface area contributed by atoms with Crippen molar-refractivity contribution >= 4 is 17.5 Å². The first-order valence-electron chi connectivity index (χ1n) is 10.7. The van der Waals surface area contributed by atoms with E-state index in [9.17, 15) is 19.7 Å². The summed E-state index contributed by atoms with van der Waals surface area (Å²) in [4.78, 5) is 37.1. The van der Waals surface area contributed by atoms with Gasteiger partial charge in [-0.3, -0.25) is 19.7 Å². The zero-order valence-corrected chi connectivity index (χ0v) is 18.1. The minimum absolute atomic E-state index is 0.103. The number of nitrogens with zero attached hydrogens (tertiary/aromatic N) is 2. The molecule has 0 atom stereocenters. The number of nitro groups is 1. The van der Waals surface area contributed by atoms with E-state index < -0.39 is 10.8 Å². The molecule has 1 N–H and O–H groups in total. The summed E-state index contributed by atoms with van der Waals surface area (Å²) in [6.45, 7) is 5.00. The van der Waals surface area contributed by atoms with Crippen molar-refractivity contribution in [2.24, 2.45) is 5.92 Å². The van der Waals surface area contributed by atoms with E-state index in [0.29, 0.717) is 24.6 Å². The van der Waals surface area contributed by atoms with Crippen molar-refractivity contribution in [1.82, 2.24) is 10.2 Å². The van der Waals surface area contributed by atoms with Crippen LogP contribution in [0.1, 0.15) is 46.3 Å². The summed E-state index contributed by atoms with van der Waals surface area (Å²) in [5, 5.41) is 13.6. The molecule has 1 aliphatic heterocycles. The second kappa shape index (κ2) is 10.2. The standard InChI is InChI=1S/C24H29N3O4/c1-17-3-6-19(7-4-17)8-9-20-11-13-26(14-12-20)23(28)16-25-24(29)21-10-5-18(2)22(15-21)27(30)31/h3-7,10,15,20H,8-9,11-14,16H2,1-2H3,(H,25,29). The molecule has 0 bridgehead atoms. The Morgan fingerprint density at radius 3 is 2.42 bits per heavy atom. The third kappa shape index (κ3) is 6.13. The number of piperidine rings is 1. The smallest absolute Gasteiger partial charge is 0.273 e. The van der Waals surface area contributed by atoms with Crippen LogP contribution in [0.15, 0.2) is 42.5 Å². The molecule has 0 spiro atoms. The number of amides is 2. The molecule has 1 saturated heterocycles. The molecule has 164 valence electrons. The highest BCUT2D eigenvalue weighted by molar-refractivity contribution is 5.97. The van der Waals surface area contributed by atoms with Crippen molar-refractivity contribution < 1.29 is 14.5 Å². The highest BCUT2D eigenvalue weighted by Gasteiger charge is 2.23. The van der Waals surface area contributed by atoms with Crippen LogP contribution in [0.25, 0.3) is 0 Å². The van der Waals surface area contributed by atoms with Crippen molar-refractivity contribution in [2.75, 3.05) is 19.6 Å². The number of likely N-dealkylation sites (tertiary alicyclic amines) is 1. The number of carbonyl (C=O) groups is 2. The first-order valence-corrected chi connectivity index (χ1v) is 10.7. The number of benzene rings is 2. The fraction of sp³-hybridized carbons (Fsp3) is 0.417. The first-order chi connectivity index (χ1) is 14.8. The predicted molar refractivity (Wildman–Crippen MR) is 119 cm³/mol. The molecule has 0 radical (unpaired) electrons. The van der Waals surface area contributed by atoms with E-state index in [1.807, 2.05) is 0 Å². The Morgan fingerprint density at radius 1 is 1.10 bits per heavy atom. The number of nitro benzene ring substituents is 1. The third-order valence-electron chi connectivity index (χ3n) is 6.00. The van der Waals surface area contributed by atoms with Gasteiger partial charge >= 0.3 is 0 Å². The van der Waals surface area contributed by atoms with E-state index in [1.54, 1.807) is 11.8 Å². The summed E-state index contributed by atoms with van der Waals surface area (Å²) in [7, 11) is 0. The lowest BCUT2D eigenvalue weighted by Gasteiger charge is -2.32. The van der Waals surface area contributed by atoms with Gasteiger partial charge in [0.15, 0.2) is 0 Å². The highest BCUT2D eigenvalue weighted by Crippen LogP contribution is 2.23. The zero-order chi connectivity index (χ0) is 22.4. The molecular weight excluding hydrogens is 394 g/mol. The largest absolute Gasteiger partial charge is 0.343 e. The van der Waals surface area contributed by atoms with Gasteiger partial charge < -0.3 is 10.2 Å². The SMILES string of the molecule is Cc1ccc(CCC2CCN(C(=O)CNC(=O)c3ccc(C)c([N+](=O)[O-])c3)CC2)cc1. The molecule has 1 aliphatic rings. The van der Waals surface area contributed by atoms with Crippen LogP contribution in [0.5, 0.6) is 0 Å². The van der Waals surface area contributed by atoms with Gasteiger partial charge in [-0.1, -0.05) is 35.9 Å². The number of carbonyl (C=O) groups excluding carboxylic acids is 2. The van der Waals surface area contributed by atoms with Crippen molar-refractivity contribution in [3.8, 4) is 0 Å². The monoisotopic (exact) mass is 423 g/mol. The van der Waals surface area contributed by atoms with E-state index >= 15 is 0 Å². The molecule has 7 heteroatoms. The molecule has 3 rings (SSSR count). The minimum atomic E-state index is -0.514. The second-order valence-corrected chi connectivity index (χ2v) is 8.29. The summed E-state index contributed by atoms with van der Waals surface area (Å²) in [5.41, 5.74) is 3.18. The van der Waals surface area contributed by atoms with Crippen LogP contribution in [0.2, 0.25) is 0 Å². The molecule has 2 aromatic carbocycles. The van der Waals surface area contributed by atoms with Gasteiger partial charge in [-0.25, -0.2) is 0 Å². The summed E-state index contributed by atoms with van der Waals surface area (Å²) >= 11 is 0. The van der Waals surface area contributed by atoms with Gasteiger partial charge in [-0.15, -0.1) is 0 Å². The van der Waals surface area contributed by atoms with Crippen LogP contribution < -0.4 is 5.32 Å². The van der Waals surface area contributed by atoms with Crippen LogP contribution in [-0.4, -0.2) is 41.3 Å². The van der Waals surface area contributed by atoms with Crippen LogP contribution in [0.3, 0.4) is 0 Å². The fourth-order valence-electron chi connectivity index (χ4n) is 3.91. The van der Waals surface area contributed by atoms with Crippen LogP contribution in [0.4, 0.5) is 5.69 Å². The fourth-order valence-corrected chi connectivity index (χ4v) is 3.91. The van der Waals surface area contributed by atoms with E-state index in [0.717, 1.165) is 25.7 Å². The molecule has 0 aliphatic carbocycles. The molecule has 2 aromatic rings. The molecule has 2 amide bonds. The van der Waals surface area contributed by atoms with E-state index in [-0.39, 0.29) is 23.7 Å². The van der Waals surface area contributed by atoms with Gasteiger partial charge in [0.2, 0.25) is 5.91 Å². The lowest BCUT2D eigenvalue weighted by atomic mass is 9.90. The second-order valence-electron chi connectivity index (χ2n) is 8.29. The summed E-state index contributed by atoms with van der Waals surface area (Å²) < 4.78 is 0. The van der Waals surface area contributed by atoms with Gasteiger partial charge in [-0.2, -0.15) is 0 Å². The van der Waals surface area contributed by atoms with E-state index in [1.165, 1.54) is 29.3 Å². The Hall–Kier alpha value is -3.22. The van der Waals surface area contributed by atoms with Crippen molar-refractivity contribution in [3.05, 3.63) is 74.8 Å². The van der Waals surface area contributed by atoms with Gasteiger partial charge in [0.05, 0.1) is 11.5 Å². The number of aryl methyl sites for hydroxylation is 3. The molecule has 1 heterocycles. The van der Waals surface area contributed by atoms with Gasteiger partial charge in [0, 0.05) is 30.3 Å².